The third kappa shape index (κ3) is 7.21. The molecule has 0 aromatic rings. The Morgan fingerprint density at radius 1 is 0.643 bits per heavy atom. The first-order valence-corrected chi connectivity index (χ1v) is 10.6. The fraction of sp³-hybridized carbons (Fsp3) is 0.818. The van der Waals surface area contributed by atoms with Crippen LogP contribution in [0.25, 0.3) is 0 Å². The number of nitrogens with two attached hydrogens (primary N) is 2. The summed E-state index contributed by atoms with van der Waals surface area (Å²) in [7, 11) is 0. The molecule has 0 unspecified atom stereocenters. The van der Waals surface area contributed by atoms with Gasteiger partial charge in [0.25, 0.3) is 0 Å². The highest BCUT2D eigenvalue weighted by Crippen LogP contribution is 2.22. The van der Waals surface area contributed by atoms with E-state index >= 15 is 0 Å². The Balaban J connectivity index is 1.87. The van der Waals surface area contributed by atoms with E-state index in [0.717, 1.165) is 25.7 Å². The molecule has 0 saturated carbocycles. The number of carbonyl (C=O) groups excluding carboxylic acids is 2. The largest absolute Gasteiger partial charge is 0.349 e. The van der Waals surface area contributed by atoms with Crippen molar-refractivity contribution >= 4 is 11.8 Å². The highest BCUT2D eigenvalue weighted by Gasteiger charge is 2.43. The van der Waals surface area contributed by atoms with E-state index in [0.29, 0.717) is 0 Å². The molecule has 2 heterocycles. The van der Waals surface area contributed by atoms with Gasteiger partial charge in [0.1, 0.15) is 0 Å². The van der Waals surface area contributed by atoms with Gasteiger partial charge >= 0.3 is 0 Å². The molecule has 28 heavy (non-hydrogen) atoms. The summed E-state index contributed by atoms with van der Waals surface area (Å²) in [6, 6.07) is 0.261. The van der Waals surface area contributed by atoms with Crippen LogP contribution >= 0.6 is 0 Å². The van der Waals surface area contributed by atoms with E-state index in [2.05, 4.69) is 76.7 Å². The molecule has 2 saturated heterocycles. The maximum absolute atomic E-state index is 12.3. The van der Waals surface area contributed by atoms with Crippen molar-refractivity contribution in [3.63, 3.8) is 0 Å². The summed E-state index contributed by atoms with van der Waals surface area (Å²) in [4.78, 5) is 24.7. The van der Waals surface area contributed by atoms with Crippen molar-refractivity contribution in [3.05, 3.63) is 12.2 Å². The second-order valence-electron chi connectivity index (χ2n) is 11.8. The summed E-state index contributed by atoms with van der Waals surface area (Å²) < 4.78 is 0. The number of quaternary nitrogens is 2. The van der Waals surface area contributed by atoms with E-state index in [9.17, 15) is 9.59 Å². The molecular formula is C22H42N4O2+2. The van der Waals surface area contributed by atoms with E-state index in [4.69, 9.17) is 0 Å². The fourth-order valence-electron chi connectivity index (χ4n) is 5.89. The standard InChI is InChI=1S/C22H40N4O2/c1-19(2)11-15(12-20(3,4)25-19)23-17(27)9-10-18(28)24-16-13-21(5,6)26-22(7,8)14-16/h9-10,15-16,25-26H,11-14H2,1-8H3,(H,23,27)(H,24,28)/p+2/b10-9+. The zero-order valence-electron chi connectivity index (χ0n) is 19.1. The first-order valence-electron chi connectivity index (χ1n) is 10.6. The van der Waals surface area contributed by atoms with E-state index in [1.807, 2.05) is 0 Å². The van der Waals surface area contributed by atoms with Crippen LogP contribution < -0.4 is 21.3 Å². The lowest BCUT2D eigenvalue weighted by atomic mass is 9.79. The van der Waals surface area contributed by atoms with E-state index in [-0.39, 0.29) is 46.1 Å². The van der Waals surface area contributed by atoms with Gasteiger partial charge in [-0.05, 0) is 55.4 Å². The van der Waals surface area contributed by atoms with Crippen molar-refractivity contribution in [1.82, 2.24) is 10.6 Å². The molecule has 6 N–H and O–H groups in total. The summed E-state index contributed by atoms with van der Waals surface area (Å²) in [5.74, 6) is -0.377. The van der Waals surface area contributed by atoms with Crippen LogP contribution in [0.5, 0.6) is 0 Å². The van der Waals surface area contributed by atoms with Crippen LogP contribution in [0, 0.1) is 0 Å². The molecule has 0 aliphatic carbocycles. The maximum Gasteiger partial charge on any atom is 0.244 e. The Hall–Kier alpha value is -1.40. The number of hydrogen-bond donors (Lipinski definition) is 4. The van der Waals surface area contributed by atoms with Crippen LogP contribution in [0.15, 0.2) is 12.2 Å². The Morgan fingerprint density at radius 2 is 0.893 bits per heavy atom. The number of amides is 2. The molecule has 2 fully saturated rings. The molecule has 0 aromatic heterocycles. The molecule has 6 heteroatoms. The fourth-order valence-corrected chi connectivity index (χ4v) is 5.89. The first kappa shape index (κ1) is 22.9. The molecule has 6 nitrogen and oxygen atoms in total. The van der Waals surface area contributed by atoms with Crippen molar-refractivity contribution in [2.75, 3.05) is 0 Å². The smallest absolute Gasteiger partial charge is 0.244 e. The minimum atomic E-state index is -0.189. The van der Waals surface area contributed by atoms with Crippen LogP contribution in [0.2, 0.25) is 0 Å². The zero-order chi connectivity index (χ0) is 21.4. The van der Waals surface area contributed by atoms with Gasteiger partial charge in [0.15, 0.2) is 0 Å². The Kier molecular flexibility index (Phi) is 6.37. The summed E-state index contributed by atoms with van der Waals surface area (Å²) in [6.07, 6.45) is 6.43. The minimum absolute atomic E-state index is 0.0956. The third-order valence-electron chi connectivity index (χ3n) is 5.73. The predicted molar refractivity (Wildman–Crippen MR) is 112 cm³/mol. The highest BCUT2D eigenvalue weighted by atomic mass is 16.2. The van der Waals surface area contributed by atoms with Gasteiger partial charge in [-0.2, -0.15) is 0 Å². The Bertz CT molecular complexity index is 548. The molecule has 2 aliphatic rings. The number of piperidine rings is 2. The van der Waals surface area contributed by atoms with Gasteiger partial charge in [0, 0.05) is 49.9 Å². The first-order chi connectivity index (χ1) is 12.6. The van der Waals surface area contributed by atoms with Gasteiger partial charge < -0.3 is 21.3 Å². The number of nitrogens with one attached hydrogen (secondary N) is 2. The van der Waals surface area contributed by atoms with Crippen LogP contribution in [-0.4, -0.2) is 46.1 Å². The molecule has 0 radical (unpaired) electrons. The molecule has 2 rings (SSSR count). The summed E-state index contributed by atoms with van der Waals surface area (Å²) >= 11 is 0. The average molecular weight is 395 g/mol. The van der Waals surface area contributed by atoms with Crippen molar-refractivity contribution in [2.45, 2.75) is 115 Å². The van der Waals surface area contributed by atoms with Gasteiger partial charge in [-0.1, -0.05) is 0 Å². The maximum atomic E-state index is 12.3. The van der Waals surface area contributed by atoms with E-state index in [1.165, 1.54) is 12.2 Å². The monoisotopic (exact) mass is 394 g/mol. The number of hydrogen-bond acceptors (Lipinski definition) is 2. The normalized spacial score (nSPS) is 26.7. The molecule has 0 bridgehead atoms. The van der Waals surface area contributed by atoms with Crippen molar-refractivity contribution in [1.29, 1.82) is 0 Å². The van der Waals surface area contributed by atoms with Gasteiger partial charge in [-0.15, -0.1) is 0 Å². The number of rotatable bonds is 4. The molecule has 0 aromatic carbocycles. The molecule has 0 spiro atoms. The van der Waals surface area contributed by atoms with E-state index < -0.39 is 0 Å². The van der Waals surface area contributed by atoms with Crippen LogP contribution in [0.3, 0.4) is 0 Å². The van der Waals surface area contributed by atoms with Gasteiger partial charge in [-0.25, -0.2) is 0 Å². The Morgan fingerprint density at radius 3 is 1.14 bits per heavy atom. The molecule has 2 aliphatic heterocycles. The summed E-state index contributed by atoms with van der Waals surface area (Å²) in [5, 5.41) is 10.9. The zero-order valence-corrected chi connectivity index (χ0v) is 19.1. The van der Waals surface area contributed by atoms with Gasteiger partial charge in [0.05, 0.1) is 22.2 Å². The third-order valence-corrected chi connectivity index (χ3v) is 5.73. The molecule has 2 amide bonds. The lowest BCUT2D eigenvalue weighted by Crippen LogP contribution is -3.06. The van der Waals surface area contributed by atoms with E-state index in [1.54, 1.807) is 0 Å². The lowest BCUT2D eigenvalue weighted by molar-refractivity contribution is -0.788. The Labute approximate surface area is 170 Å². The lowest BCUT2D eigenvalue weighted by Gasteiger charge is -2.43. The quantitative estimate of drug-likeness (QED) is 0.518. The summed E-state index contributed by atoms with van der Waals surface area (Å²) in [6.45, 7) is 17.7. The van der Waals surface area contributed by atoms with Crippen LogP contribution in [0.1, 0.15) is 81.1 Å². The van der Waals surface area contributed by atoms with Gasteiger partial charge in [-0.3, -0.25) is 9.59 Å². The topological polar surface area (TPSA) is 91.4 Å². The van der Waals surface area contributed by atoms with Crippen LogP contribution in [0.4, 0.5) is 0 Å². The van der Waals surface area contributed by atoms with Crippen molar-refractivity contribution < 1.29 is 20.2 Å². The SMILES string of the molecule is CC1(C)CC(NC(=O)/C=C/C(=O)NC2CC(C)(C)[NH2+]C(C)(C)C2)CC(C)(C)[NH2+]1. The second-order valence-corrected chi connectivity index (χ2v) is 11.8. The highest BCUT2D eigenvalue weighted by molar-refractivity contribution is 5.96. The summed E-state index contributed by atoms with van der Waals surface area (Å²) in [5.41, 5.74) is 0.383. The van der Waals surface area contributed by atoms with Crippen molar-refractivity contribution in [2.24, 2.45) is 0 Å². The molecule has 160 valence electrons. The predicted octanol–water partition coefficient (Wildman–Crippen LogP) is 0.341. The average Bonchev–Trinajstić information content (AvgIpc) is 2.37. The molecule has 0 atom stereocenters. The van der Waals surface area contributed by atoms with Crippen molar-refractivity contribution in [3.8, 4) is 0 Å². The second kappa shape index (κ2) is 7.79. The molecular weight excluding hydrogens is 352 g/mol. The van der Waals surface area contributed by atoms with Crippen LogP contribution in [-0.2, 0) is 9.59 Å². The van der Waals surface area contributed by atoms with Gasteiger partial charge in [0.2, 0.25) is 11.8 Å². The minimum Gasteiger partial charge on any atom is -0.349 e. The number of carbonyl (C=O) groups is 2.